The van der Waals surface area contributed by atoms with E-state index in [-0.39, 0.29) is 11.8 Å². The van der Waals surface area contributed by atoms with E-state index in [0.717, 1.165) is 55.2 Å². The highest BCUT2D eigenvalue weighted by Gasteiger charge is 2.26. The van der Waals surface area contributed by atoms with E-state index in [1.165, 1.54) is 5.56 Å². The highest BCUT2D eigenvalue weighted by atomic mass is 16.1. The van der Waals surface area contributed by atoms with Crippen molar-refractivity contribution in [3.05, 3.63) is 47.3 Å². The van der Waals surface area contributed by atoms with Gasteiger partial charge in [0.05, 0.1) is 0 Å². The van der Waals surface area contributed by atoms with Crippen LogP contribution in [0.15, 0.2) is 30.5 Å². The maximum absolute atomic E-state index is 12.6. The molecule has 1 amide bonds. The predicted molar refractivity (Wildman–Crippen MR) is 106 cm³/mol. The van der Waals surface area contributed by atoms with Crippen LogP contribution in [0, 0.1) is 5.92 Å². The van der Waals surface area contributed by atoms with Gasteiger partial charge < -0.3 is 10.2 Å². The largest absolute Gasteiger partial charge is 0.341 e. The third-order valence-corrected chi connectivity index (χ3v) is 5.18. The minimum absolute atomic E-state index is 0.0174. The van der Waals surface area contributed by atoms with E-state index in [1.807, 2.05) is 18.3 Å². The number of rotatable bonds is 6. The van der Waals surface area contributed by atoms with E-state index in [0.29, 0.717) is 6.42 Å². The zero-order chi connectivity index (χ0) is 18.5. The van der Waals surface area contributed by atoms with E-state index in [9.17, 15) is 4.79 Å². The minimum atomic E-state index is -0.0174. The van der Waals surface area contributed by atoms with Crippen molar-refractivity contribution >= 4 is 17.5 Å². The molecule has 5 heteroatoms. The fraction of sp³-hybridized carbons (Fsp3) is 0.476. The van der Waals surface area contributed by atoms with E-state index in [2.05, 4.69) is 48.1 Å². The van der Waals surface area contributed by atoms with E-state index >= 15 is 0 Å². The van der Waals surface area contributed by atoms with Gasteiger partial charge in [0.1, 0.15) is 0 Å². The third-order valence-electron chi connectivity index (χ3n) is 5.18. The zero-order valence-corrected chi connectivity index (χ0v) is 16.0. The van der Waals surface area contributed by atoms with Crippen LogP contribution in [0.5, 0.6) is 0 Å². The maximum Gasteiger partial charge on any atom is 0.227 e. The molecule has 1 aromatic carbocycles. The Morgan fingerprint density at radius 3 is 2.58 bits per heavy atom. The number of aryl methyl sites for hydroxylation is 2. The van der Waals surface area contributed by atoms with Crippen molar-refractivity contribution < 1.29 is 4.79 Å². The minimum Gasteiger partial charge on any atom is -0.341 e. The first kappa shape index (κ1) is 18.4. The number of hydrogen-bond donors (Lipinski definition) is 1. The van der Waals surface area contributed by atoms with Crippen LogP contribution < -0.4 is 10.2 Å². The summed E-state index contributed by atoms with van der Waals surface area (Å²) in [5.74, 6) is 0.872. The Bertz CT molecular complexity index is 753. The summed E-state index contributed by atoms with van der Waals surface area (Å²) < 4.78 is 0. The Hall–Kier alpha value is -2.43. The van der Waals surface area contributed by atoms with Crippen LogP contribution in [0.1, 0.15) is 44.0 Å². The van der Waals surface area contributed by atoms with Gasteiger partial charge in [-0.25, -0.2) is 9.97 Å². The smallest absolute Gasteiger partial charge is 0.227 e. The molecule has 1 N–H and O–H groups in total. The van der Waals surface area contributed by atoms with Crippen LogP contribution >= 0.6 is 0 Å². The first-order valence-electron chi connectivity index (χ1n) is 9.64. The normalized spacial score (nSPS) is 16.0. The summed E-state index contributed by atoms with van der Waals surface area (Å²) >= 11 is 0. The number of carbonyl (C=O) groups is 1. The standard InChI is InChI=1S/C21H28N4O/c1-4-15-7-10-18(11-8-15)23-20(26)16-9-12-19-17(13-16)14-22-21(24-19)25(5-2)6-3/h7-8,10-11,14,16H,4-6,9,12-13H2,1-3H3,(H,23,26). The zero-order valence-electron chi connectivity index (χ0n) is 16.0. The number of benzene rings is 1. The summed E-state index contributed by atoms with van der Waals surface area (Å²) in [5.41, 5.74) is 4.34. The molecule has 0 fully saturated rings. The lowest BCUT2D eigenvalue weighted by atomic mass is 9.86. The van der Waals surface area contributed by atoms with Crippen LogP contribution in [0.25, 0.3) is 0 Å². The van der Waals surface area contributed by atoms with Crippen molar-refractivity contribution in [2.24, 2.45) is 5.92 Å². The summed E-state index contributed by atoms with van der Waals surface area (Å²) in [5, 5.41) is 3.05. The molecule has 138 valence electrons. The summed E-state index contributed by atoms with van der Waals surface area (Å²) in [7, 11) is 0. The lowest BCUT2D eigenvalue weighted by Gasteiger charge is -2.25. The highest BCUT2D eigenvalue weighted by Crippen LogP contribution is 2.26. The number of amides is 1. The molecule has 0 bridgehead atoms. The molecule has 0 saturated heterocycles. The van der Waals surface area contributed by atoms with Crippen LogP contribution in [-0.2, 0) is 24.1 Å². The topological polar surface area (TPSA) is 58.1 Å². The van der Waals surface area contributed by atoms with Gasteiger partial charge in [-0.1, -0.05) is 19.1 Å². The van der Waals surface area contributed by atoms with Gasteiger partial charge >= 0.3 is 0 Å². The molecule has 3 rings (SSSR count). The molecule has 1 atom stereocenters. The number of nitrogens with zero attached hydrogens (tertiary/aromatic N) is 3. The number of nitrogens with one attached hydrogen (secondary N) is 1. The SMILES string of the molecule is CCc1ccc(NC(=O)C2CCc3nc(N(CC)CC)ncc3C2)cc1. The summed E-state index contributed by atoms with van der Waals surface area (Å²) in [4.78, 5) is 24.0. The summed E-state index contributed by atoms with van der Waals surface area (Å²) in [6.07, 6.45) is 5.29. The van der Waals surface area contributed by atoms with Gasteiger partial charge in [0.15, 0.2) is 0 Å². The van der Waals surface area contributed by atoms with Gasteiger partial charge in [-0.2, -0.15) is 0 Å². The van der Waals surface area contributed by atoms with Crippen LogP contribution in [0.3, 0.4) is 0 Å². The van der Waals surface area contributed by atoms with Crippen molar-refractivity contribution in [2.75, 3.05) is 23.3 Å². The average Bonchev–Trinajstić information content (AvgIpc) is 2.69. The highest BCUT2D eigenvalue weighted by molar-refractivity contribution is 5.92. The molecule has 0 radical (unpaired) electrons. The van der Waals surface area contributed by atoms with Crippen molar-refractivity contribution in [3.8, 4) is 0 Å². The molecule has 1 unspecified atom stereocenters. The first-order valence-corrected chi connectivity index (χ1v) is 9.64. The van der Waals surface area contributed by atoms with Crippen LogP contribution in [0.4, 0.5) is 11.6 Å². The number of aromatic nitrogens is 2. The monoisotopic (exact) mass is 352 g/mol. The van der Waals surface area contributed by atoms with Gasteiger partial charge in [-0.15, -0.1) is 0 Å². The second-order valence-electron chi connectivity index (χ2n) is 6.79. The molecule has 1 heterocycles. The molecule has 1 aliphatic rings. The Morgan fingerprint density at radius 1 is 1.19 bits per heavy atom. The molecular weight excluding hydrogens is 324 g/mol. The predicted octanol–water partition coefficient (Wildman–Crippen LogP) is 3.63. The number of anilines is 2. The molecule has 26 heavy (non-hydrogen) atoms. The van der Waals surface area contributed by atoms with Crippen molar-refractivity contribution in [1.29, 1.82) is 0 Å². The van der Waals surface area contributed by atoms with Gasteiger partial charge in [-0.05, 0) is 62.8 Å². The Kier molecular flexibility index (Phi) is 5.86. The fourth-order valence-electron chi connectivity index (χ4n) is 3.45. The van der Waals surface area contributed by atoms with Crippen molar-refractivity contribution in [3.63, 3.8) is 0 Å². The third kappa shape index (κ3) is 4.03. The first-order chi connectivity index (χ1) is 12.6. The molecule has 0 spiro atoms. The number of fused-ring (bicyclic) bond motifs is 1. The number of carbonyl (C=O) groups excluding carboxylic acids is 1. The second kappa shape index (κ2) is 8.30. The van der Waals surface area contributed by atoms with Gasteiger partial charge in [0.2, 0.25) is 11.9 Å². The Balaban J connectivity index is 1.66. The summed E-state index contributed by atoms with van der Waals surface area (Å²) in [6.45, 7) is 8.15. The lowest BCUT2D eigenvalue weighted by Crippen LogP contribution is -2.30. The Labute approximate surface area is 155 Å². The van der Waals surface area contributed by atoms with Gasteiger partial charge in [0.25, 0.3) is 0 Å². The fourth-order valence-corrected chi connectivity index (χ4v) is 3.45. The van der Waals surface area contributed by atoms with E-state index < -0.39 is 0 Å². The second-order valence-corrected chi connectivity index (χ2v) is 6.79. The summed E-state index contributed by atoms with van der Waals surface area (Å²) in [6, 6.07) is 8.09. The average molecular weight is 352 g/mol. The van der Waals surface area contributed by atoms with Gasteiger partial charge in [-0.3, -0.25) is 4.79 Å². The van der Waals surface area contributed by atoms with Crippen LogP contribution in [-0.4, -0.2) is 29.0 Å². The Morgan fingerprint density at radius 2 is 1.92 bits per heavy atom. The number of hydrogen-bond acceptors (Lipinski definition) is 4. The lowest BCUT2D eigenvalue weighted by molar-refractivity contribution is -0.120. The van der Waals surface area contributed by atoms with E-state index in [1.54, 1.807) is 0 Å². The molecular formula is C21H28N4O. The quantitative estimate of drug-likeness (QED) is 0.862. The molecule has 1 aromatic heterocycles. The molecule has 5 nitrogen and oxygen atoms in total. The van der Waals surface area contributed by atoms with Crippen LogP contribution in [0.2, 0.25) is 0 Å². The molecule has 1 aliphatic carbocycles. The molecule has 2 aromatic rings. The molecule has 0 aliphatic heterocycles. The van der Waals surface area contributed by atoms with Gasteiger partial charge in [0, 0.05) is 36.6 Å². The maximum atomic E-state index is 12.6. The molecule has 0 saturated carbocycles. The van der Waals surface area contributed by atoms with Crippen molar-refractivity contribution in [1.82, 2.24) is 9.97 Å². The van der Waals surface area contributed by atoms with E-state index in [4.69, 9.17) is 4.98 Å². The van der Waals surface area contributed by atoms with Crippen molar-refractivity contribution in [2.45, 2.75) is 46.5 Å².